The highest BCUT2D eigenvalue weighted by Crippen LogP contribution is 2.30. The molecule has 0 aliphatic carbocycles. The molecule has 1 aromatic carbocycles. The third-order valence-electron chi connectivity index (χ3n) is 8.06. The standard InChI is InChI=1S/C27H35N5O6/c1-18(33)30-12-10-29(11-13-30)16-25(35)31-9-3-2-4-20(31)17-38-21-5-6-22-19(14-21)15-32(27(22)37)23-7-8-24(34)28-26(23)36/h5-6,14,20,23H,2-4,7-13,15-17H2,1H3,(H,28,34,36)/t20-,23?/m0/s1. The Kier molecular flexibility index (Phi) is 7.64. The zero-order valence-corrected chi connectivity index (χ0v) is 21.8. The molecule has 3 fully saturated rings. The molecule has 1 aromatic rings. The lowest BCUT2D eigenvalue weighted by Gasteiger charge is -2.38. The summed E-state index contributed by atoms with van der Waals surface area (Å²) in [5.41, 5.74) is 1.33. The molecule has 2 atom stereocenters. The lowest BCUT2D eigenvalue weighted by Crippen LogP contribution is -2.54. The van der Waals surface area contributed by atoms with Crippen LogP contribution in [0.15, 0.2) is 18.2 Å². The Labute approximate surface area is 222 Å². The van der Waals surface area contributed by atoms with Gasteiger partial charge in [-0.1, -0.05) is 0 Å². The third-order valence-corrected chi connectivity index (χ3v) is 8.06. The van der Waals surface area contributed by atoms with Crippen LogP contribution in [-0.2, 0) is 25.7 Å². The number of nitrogens with one attached hydrogen (secondary N) is 1. The molecule has 0 aromatic heterocycles. The average Bonchev–Trinajstić information content (AvgIpc) is 3.23. The van der Waals surface area contributed by atoms with E-state index in [0.717, 1.165) is 24.8 Å². The number of carbonyl (C=O) groups is 5. The maximum Gasteiger partial charge on any atom is 0.255 e. The highest BCUT2D eigenvalue weighted by atomic mass is 16.5. The van der Waals surface area contributed by atoms with Gasteiger partial charge in [-0.15, -0.1) is 0 Å². The molecule has 0 radical (unpaired) electrons. The highest BCUT2D eigenvalue weighted by Gasteiger charge is 2.39. The summed E-state index contributed by atoms with van der Waals surface area (Å²) in [7, 11) is 0. The van der Waals surface area contributed by atoms with Crippen molar-refractivity contribution in [3.63, 3.8) is 0 Å². The second kappa shape index (κ2) is 11.1. The van der Waals surface area contributed by atoms with E-state index in [2.05, 4.69) is 10.2 Å². The molecule has 1 unspecified atom stereocenters. The highest BCUT2D eigenvalue weighted by molar-refractivity contribution is 6.05. The maximum atomic E-state index is 13.2. The molecular formula is C27H35N5O6. The van der Waals surface area contributed by atoms with E-state index in [0.29, 0.717) is 70.2 Å². The Bertz CT molecular complexity index is 1130. The van der Waals surface area contributed by atoms with Crippen LogP contribution in [0.25, 0.3) is 0 Å². The number of piperidine rings is 2. The fraction of sp³-hybridized carbons (Fsp3) is 0.593. The van der Waals surface area contributed by atoms with Gasteiger partial charge in [0.1, 0.15) is 18.4 Å². The average molecular weight is 526 g/mol. The van der Waals surface area contributed by atoms with Crippen molar-refractivity contribution < 1.29 is 28.7 Å². The number of nitrogens with zero attached hydrogens (tertiary/aromatic N) is 4. The Morgan fingerprint density at radius 1 is 1.03 bits per heavy atom. The minimum atomic E-state index is -0.649. The predicted molar refractivity (Wildman–Crippen MR) is 136 cm³/mol. The summed E-state index contributed by atoms with van der Waals surface area (Å²) < 4.78 is 6.13. The number of fused-ring (bicyclic) bond motifs is 1. The van der Waals surface area contributed by atoms with Crippen LogP contribution >= 0.6 is 0 Å². The first kappa shape index (κ1) is 26.1. The minimum Gasteiger partial charge on any atom is -0.491 e. The van der Waals surface area contributed by atoms with Gasteiger partial charge in [0.05, 0.1) is 12.6 Å². The van der Waals surface area contributed by atoms with Crippen molar-refractivity contribution in [2.24, 2.45) is 0 Å². The molecule has 4 aliphatic rings. The lowest BCUT2D eigenvalue weighted by atomic mass is 10.0. The molecule has 11 heteroatoms. The van der Waals surface area contributed by atoms with Crippen molar-refractivity contribution in [1.82, 2.24) is 24.9 Å². The molecule has 4 heterocycles. The maximum absolute atomic E-state index is 13.2. The molecule has 4 aliphatic heterocycles. The second-order valence-corrected chi connectivity index (χ2v) is 10.5. The third kappa shape index (κ3) is 5.52. The first-order valence-corrected chi connectivity index (χ1v) is 13.5. The number of piperazine rings is 1. The molecule has 11 nitrogen and oxygen atoms in total. The topological polar surface area (TPSA) is 120 Å². The van der Waals surface area contributed by atoms with Crippen molar-refractivity contribution >= 4 is 29.5 Å². The SMILES string of the molecule is CC(=O)N1CCN(CC(=O)N2CCCC[C@H]2COc2ccc3c(c2)CN(C2CCC(=O)NC2=O)C3=O)CC1. The molecule has 3 saturated heterocycles. The molecule has 38 heavy (non-hydrogen) atoms. The van der Waals surface area contributed by atoms with Crippen molar-refractivity contribution in [2.75, 3.05) is 45.9 Å². The Hall–Kier alpha value is -3.47. The molecule has 204 valence electrons. The largest absolute Gasteiger partial charge is 0.491 e. The summed E-state index contributed by atoms with van der Waals surface area (Å²) in [4.78, 5) is 68.8. The molecule has 1 N–H and O–H groups in total. The number of amides is 5. The summed E-state index contributed by atoms with van der Waals surface area (Å²) >= 11 is 0. The van der Waals surface area contributed by atoms with E-state index < -0.39 is 11.9 Å². The number of imide groups is 1. The fourth-order valence-corrected chi connectivity index (χ4v) is 5.84. The zero-order valence-electron chi connectivity index (χ0n) is 21.8. The quantitative estimate of drug-likeness (QED) is 0.533. The lowest BCUT2D eigenvalue weighted by molar-refractivity contribution is -0.139. The van der Waals surface area contributed by atoms with Gasteiger partial charge in [-0.05, 0) is 49.4 Å². The van der Waals surface area contributed by atoms with Gasteiger partial charge in [-0.2, -0.15) is 0 Å². The molecule has 5 rings (SSSR count). The molecule has 5 amide bonds. The van der Waals surface area contributed by atoms with Crippen molar-refractivity contribution in [3.8, 4) is 5.75 Å². The van der Waals surface area contributed by atoms with Gasteiger partial charge in [0.15, 0.2) is 0 Å². The van der Waals surface area contributed by atoms with Gasteiger partial charge in [0, 0.05) is 58.2 Å². The molecular weight excluding hydrogens is 490 g/mol. The summed E-state index contributed by atoms with van der Waals surface area (Å²) in [5.74, 6) is -0.161. The number of carbonyl (C=O) groups excluding carboxylic acids is 5. The number of hydrogen-bond donors (Lipinski definition) is 1. The van der Waals surface area contributed by atoms with Gasteiger partial charge in [-0.3, -0.25) is 34.2 Å². The van der Waals surface area contributed by atoms with Crippen LogP contribution in [0.5, 0.6) is 5.75 Å². The number of likely N-dealkylation sites (tertiary alicyclic amines) is 1. The van der Waals surface area contributed by atoms with E-state index in [9.17, 15) is 24.0 Å². The van der Waals surface area contributed by atoms with E-state index in [1.165, 1.54) is 4.90 Å². The predicted octanol–water partition coefficient (Wildman–Crippen LogP) is 0.372. The molecule has 0 bridgehead atoms. The summed E-state index contributed by atoms with van der Waals surface area (Å²) in [6, 6.07) is 4.65. The smallest absolute Gasteiger partial charge is 0.255 e. The first-order chi connectivity index (χ1) is 18.3. The van der Waals surface area contributed by atoms with Crippen LogP contribution < -0.4 is 10.1 Å². The normalized spacial score (nSPS) is 24.3. The number of ether oxygens (including phenoxy) is 1. The van der Waals surface area contributed by atoms with Crippen molar-refractivity contribution in [3.05, 3.63) is 29.3 Å². The molecule has 0 saturated carbocycles. The van der Waals surface area contributed by atoms with E-state index >= 15 is 0 Å². The summed E-state index contributed by atoms with van der Waals surface area (Å²) in [6.07, 6.45) is 3.42. The minimum absolute atomic E-state index is 0.0235. The number of hydrogen-bond acceptors (Lipinski definition) is 7. The van der Waals surface area contributed by atoms with E-state index in [-0.39, 0.29) is 36.1 Å². The Morgan fingerprint density at radius 2 is 1.82 bits per heavy atom. The van der Waals surface area contributed by atoms with E-state index in [1.54, 1.807) is 19.1 Å². The fourth-order valence-electron chi connectivity index (χ4n) is 5.84. The van der Waals surface area contributed by atoms with Gasteiger partial charge < -0.3 is 19.4 Å². The number of rotatable bonds is 6. The van der Waals surface area contributed by atoms with Crippen LogP contribution in [0.2, 0.25) is 0 Å². The molecule has 0 spiro atoms. The van der Waals surface area contributed by atoms with E-state index in [4.69, 9.17) is 4.74 Å². The van der Waals surface area contributed by atoms with Crippen LogP contribution in [0.1, 0.15) is 54.9 Å². The van der Waals surface area contributed by atoms with E-state index in [1.807, 2.05) is 15.9 Å². The van der Waals surface area contributed by atoms with Gasteiger partial charge in [-0.25, -0.2) is 0 Å². The first-order valence-electron chi connectivity index (χ1n) is 13.5. The van der Waals surface area contributed by atoms with Crippen LogP contribution in [-0.4, -0.2) is 107 Å². The monoisotopic (exact) mass is 525 g/mol. The van der Waals surface area contributed by atoms with Gasteiger partial charge in [0.25, 0.3) is 5.91 Å². The van der Waals surface area contributed by atoms with Crippen molar-refractivity contribution in [1.29, 1.82) is 0 Å². The second-order valence-electron chi connectivity index (χ2n) is 10.5. The summed E-state index contributed by atoms with van der Waals surface area (Å²) in [5, 5.41) is 2.32. The zero-order chi connectivity index (χ0) is 26.8. The summed E-state index contributed by atoms with van der Waals surface area (Å²) in [6.45, 7) is 5.99. The van der Waals surface area contributed by atoms with Gasteiger partial charge in [0.2, 0.25) is 23.6 Å². The van der Waals surface area contributed by atoms with Crippen LogP contribution in [0, 0.1) is 0 Å². The van der Waals surface area contributed by atoms with Crippen LogP contribution in [0.4, 0.5) is 0 Å². The van der Waals surface area contributed by atoms with Gasteiger partial charge >= 0.3 is 0 Å². The van der Waals surface area contributed by atoms with Crippen molar-refractivity contribution in [2.45, 2.75) is 57.7 Å². The Balaban J connectivity index is 1.17. The number of benzene rings is 1. The van der Waals surface area contributed by atoms with Crippen LogP contribution in [0.3, 0.4) is 0 Å². The Morgan fingerprint density at radius 3 is 2.55 bits per heavy atom.